The molecule has 0 saturated heterocycles. The molecule has 0 fully saturated rings. The number of benzene rings is 2. The van der Waals surface area contributed by atoms with Crippen molar-refractivity contribution in [3.8, 4) is 11.5 Å². The quantitative estimate of drug-likeness (QED) is 0.529. The van der Waals surface area contributed by atoms with Crippen LogP contribution in [0.2, 0.25) is 10.0 Å². The average Bonchev–Trinajstić information content (AvgIpc) is 2.34. The van der Waals surface area contributed by atoms with E-state index in [-0.39, 0.29) is 0 Å². The molecule has 0 radical (unpaired) electrons. The van der Waals surface area contributed by atoms with E-state index < -0.39 is 0 Å². The summed E-state index contributed by atoms with van der Waals surface area (Å²) in [4.78, 5) is 0. The minimum atomic E-state index is 0.658. The van der Waals surface area contributed by atoms with Gasteiger partial charge in [0.2, 0.25) is 0 Å². The molecule has 0 heterocycles. The summed E-state index contributed by atoms with van der Waals surface area (Å²) in [7, 11) is 0. The molecule has 0 aromatic heterocycles. The first-order valence-electron chi connectivity index (χ1n) is 5.07. The molecule has 2 aromatic carbocycles. The van der Waals surface area contributed by atoms with Crippen molar-refractivity contribution in [2.24, 2.45) is 0 Å². The van der Waals surface area contributed by atoms with Crippen LogP contribution in [0.4, 0.5) is 0 Å². The van der Waals surface area contributed by atoms with Gasteiger partial charge in [0.25, 0.3) is 0 Å². The second-order valence-corrected chi connectivity index (χ2v) is 5.85. The molecule has 0 aliphatic rings. The van der Waals surface area contributed by atoms with Crippen LogP contribution in [0.1, 0.15) is 5.56 Å². The minimum Gasteiger partial charge on any atom is -0.456 e. The Hall–Kier alpha value is -0.220. The Bertz CT molecular complexity index is 573. The molecule has 0 aliphatic heterocycles. The highest BCUT2D eigenvalue weighted by molar-refractivity contribution is 9.10. The fourth-order valence-electron chi connectivity index (χ4n) is 1.43. The second-order valence-electron chi connectivity index (χ2n) is 3.56. The van der Waals surface area contributed by atoms with Gasteiger partial charge in [0, 0.05) is 20.9 Å². The summed E-state index contributed by atoms with van der Waals surface area (Å²) >= 11 is 18.7. The van der Waals surface area contributed by atoms with Crippen molar-refractivity contribution in [1.29, 1.82) is 0 Å². The van der Waals surface area contributed by atoms with E-state index in [1.54, 1.807) is 18.2 Å². The van der Waals surface area contributed by atoms with E-state index in [9.17, 15) is 0 Å². The van der Waals surface area contributed by atoms with Crippen molar-refractivity contribution < 1.29 is 4.74 Å². The van der Waals surface area contributed by atoms with Crippen LogP contribution in [0.5, 0.6) is 11.5 Å². The lowest BCUT2D eigenvalue weighted by Crippen LogP contribution is -1.90. The fraction of sp³-hybridized carbons (Fsp3) is 0.0769. The van der Waals surface area contributed by atoms with Crippen molar-refractivity contribution in [2.75, 3.05) is 0 Å². The van der Waals surface area contributed by atoms with Crippen LogP contribution in [0, 0.1) is 0 Å². The molecule has 18 heavy (non-hydrogen) atoms. The Kier molecular flexibility index (Phi) is 4.96. The Morgan fingerprint density at radius 2 is 1.56 bits per heavy atom. The molecule has 0 bridgehead atoms. The van der Waals surface area contributed by atoms with Gasteiger partial charge in [-0.25, -0.2) is 0 Å². The third kappa shape index (κ3) is 3.41. The minimum absolute atomic E-state index is 0.658. The van der Waals surface area contributed by atoms with Gasteiger partial charge in [-0.15, -0.1) is 0 Å². The molecule has 0 aliphatic carbocycles. The molecular weight excluding hydrogens is 403 g/mol. The first kappa shape index (κ1) is 14.2. The lowest BCUT2D eigenvalue weighted by molar-refractivity contribution is 0.475. The van der Waals surface area contributed by atoms with Crippen LogP contribution < -0.4 is 4.74 Å². The van der Waals surface area contributed by atoms with Gasteiger partial charge in [0.05, 0.1) is 4.47 Å². The van der Waals surface area contributed by atoms with Gasteiger partial charge >= 0.3 is 0 Å². The van der Waals surface area contributed by atoms with Gasteiger partial charge in [-0.2, -0.15) is 0 Å². The summed E-state index contributed by atoms with van der Waals surface area (Å²) in [6.45, 7) is 0. The number of hydrogen-bond donors (Lipinski definition) is 0. The zero-order valence-electron chi connectivity index (χ0n) is 9.09. The van der Waals surface area contributed by atoms with Crippen LogP contribution >= 0.6 is 55.1 Å². The van der Waals surface area contributed by atoms with E-state index in [0.29, 0.717) is 21.1 Å². The Morgan fingerprint density at radius 3 is 2.17 bits per heavy atom. The highest BCUT2D eigenvalue weighted by atomic mass is 79.9. The number of hydrogen-bond acceptors (Lipinski definition) is 1. The monoisotopic (exact) mass is 408 g/mol. The molecule has 2 rings (SSSR count). The van der Waals surface area contributed by atoms with Crippen molar-refractivity contribution in [3.05, 3.63) is 56.5 Å². The van der Waals surface area contributed by atoms with Crippen LogP contribution in [0.15, 0.2) is 40.9 Å². The predicted octanol–water partition coefficient (Wildman–Crippen LogP) is 6.44. The van der Waals surface area contributed by atoms with Crippen LogP contribution in [0.3, 0.4) is 0 Å². The lowest BCUT2D eigenvalue weighted by atomic mass is 10.2. The topological polar surface area (TPSA) is 9.23 Å². The summed E-state index contributed by atoms with van der Waals surface area (Å²) < 4.78 is 6.66. The Morgan fingerprint density at radius 1 is 0.944 bits per heavy atom. The fourth-order valence-corrected chi connectivity index (χ4v) is 2.82. The third-order valence-corrected chi connectivity index (χ3v) is 3.97. The second kappa shape index (κ2) is 6.29. The molecule has 5 heteroatoms. The van der Waals surface area contributed by atoms with Gasteiger partial charge in [-0.1, -0.05) is 39.1 Å². The Balaban J connectivity index is 2.33. The summed E-state index contributed by atoms with van der Waals surface area (Å²) in [6.07, 6.45) is 0. The number of halogens is 4. The standard InChI is InChI=1S/C13H8Br2Cl2O/c14-7-8-5-9(16)1-3-12(8)18-13-4-2-10(17)6-11(13)15/h1-6H,7H2. The normalized spacial score (nSPS) is 10.4. The van der Waals surface area contributed by atoms with E-state index in [4.69, 9.17) is 27.9 Å². The number of rotatable bonds is 3. The molecule has 94 valence electrons. The van der Waals surface area contributed by atoms with Gasteiger partial charge in [-0.3, -0.25) is 0 Å². The molecule has 0 N–H and O–H groups in total. The largest absolute Gasteiger partial charge is 0.456 e. The summed E-state index contributed by atoms with van der Waals surface area (Å²) in [6, 6.07) is 10.9. The predicted molar refractivity (Wildman–Crippen MR) is 83.3 cm³/mol. The van der Waals surface area contributed by atoms with Crippen molar-refractivity contribution in [2.45, 2.75) is 5.33 Å². The first-order chi connectivity index (χ1) is 8.60. The maximum atomic E-state index is 5.95. The van der Waals surface area contributed by atoms with Crippen LogP contribution in [-0.2, 0) is 5.33 Å². The van der Waals surface area contributed by atoms with Crippen molar-refractivity contribution >= 4 is 55.1 Å². The SMILES string of the molecule is Clc1ccc(Oc2ccc(Cl)cc2CBr)c(Br)c1. The van der Waals surface area contributed by atoms with E-state index >= 15 is 0 Å². The molecule has 0 amide bonds. The number of alkyl halides is 1. The van der Waals surface area contributed by atoms with Gasteiger partial charge in [0.1, 0.15) is 11.5 Å². The highest BCUT2D eigenvalue weighted by Gasteiger charge is 2.08. The first-order valence-corrected chi connectivity index (χ1v) is 7.74. The molecule has 0 spiro atoms. The summed E-state index contributed by atoms with van der Waals surface area (Å²) in [5.74, 6) is 1.48. The van der Waals surface area contributed by atoms with Gasteiger partial charge in [-0.05, 0) is 52.3 Å². The highest BCUT2D eigenvalue weighted by Crippen LogP contribution is 2.34. The Labute approximate surface area is 132 Å². The maximum absolute atomic E-state index is 5.95. The molecular formula is C13H8Br2Cl2O. The average molecular weight is 411 g/mol. The summed E-state index contributed by atoms with van der Waals surface area (Å²) in [5, 5.41) is 2.02. The van der Waals surface area contributed by atoms with Crippen LogP contribution in [0.25, 0.3) is 0 Å². The zero-order valence-corrected chi connectivity index (χ0v) is 13.8. The molecule has 0 unspecified atom stereocenters. The van der Waals surface area contributed by atoms with Crippen LogP contribution in [-0.4, -0.2) is 0 Å². The molecule has 2 aromatic rings. The zero-order chi connectivity index (χ0) is 13.1. The van der Waals surface area contributed by atoms with Gasteiger partial charge < -0.3 is 4.74 Å². The van der Waals surface area contributed by atoms with E-state index in [0.717, 1.165) is 15.8 Å². The molecule has 0 saturated carbocycles. The van der Waals surface area contributed by atoms with Crippen molar-refractivity contribution in [3.63, 3.8) is 0 Å². The smallest absolute Gasteiger partial charge is 0.141 e. The van der Waals surface area contributed by atoms with E-state index in [1.165, 1.54) is 0 Å². The third-order valence-electron chi connectivity index (χ3n) is 2.28. The van der Waals surface area contributed by atoms with Crippen molar-refractivity contribution in [1.82, 2.24) is 0 Å². The van der Waals surface area contributed by atoms with E-state index in [2.05, 4.69) is 31.9 Å². The number of ether oxygens (including phenoxy) is 1. The van der Waals surface area contributed by atoms with Gasteiger partial charge in [0.15, 0.2) is 0 Å². The molecule has 0 atom stereocenters. The molecule has 1 nitrogen and oxygen atoms in total. The summed E-state index contributed by atoms with van der Waals surface area (Å²) in [5.41, 5.74) is 0.990. The maximum Gasteiger partial charge on any atom is 0.141 e. The lowest BCUT2D eigenvalue weighted by Gasteiger charge is -2.11. The van der Waals surface area contributed by atoms with E-state index in [1.807, 2.05) is 18.2 Å².